The maximum Gasteiger partial charge on any atom is 0.313 e. The van der Waals surface area contributed by atoms with Gasteiger partial charge in [0.05, 0.1) is 25.6 Å². The summed E-state index contributed by atoms with van der Waals surface area (Å²) in [5.41, 5.74) is 0.183. The fraction of sp³-hybridized carbons (Fsp3) is 0.737. The third-order valence-corrected chi connectivity index (χ3v) is 6.03. The number of ether oxygens (including phenoxy) is 2. The van der Waals surface area contributed by atoms with Crippen LogP contribution in [0.4, 0.5) is 0 Å². The molecule has 2 aliphatic rings. The first kappa shape index (κ1) is 18.7. The van der Waals surface area contributed by atoms with Crippen LogP contribution >= 0.6 is 0 Å². The van der Waals surface area contributed by atoms with Crippen LogP contribution in [-0.2, 0) is 23.9 Å². The average molecular weight is 336 g/mol. The Kier molecular flexibility index (Phi) is 5.21. The lowest BCUT2D eigenvalue weighted by molar-refractivity contribution is -0.153. The molecule has 5 nitrogen and oxygen atoms in total. The predicted molar refractivity (Wildman–Crippen MR) is 89.1 cm³/mol. The van der Waals surface area contributed by atoms with Crippen molar-refractivity contribution in [3.05, 3.63) is 11.6 Å². The van der Waals surface area contributed by atoms with Gasteiger partial charge in [-0.1, -0.05) is 26.8 Å². The van der Waals surface area contributed by atoms with E-state index in [9.17, 15) is 14.4 Å². The number of fused-ring (bicyclic) bond motifs is 2. The summed E-state index contributed by atoms with van der Waals surface area (Å²) in [6.45, 7) is 10.2. The molecule has 2 bridgehead atoms. The quantitative estimate of drug-likeness (QED) is 0.551. The molecule has 3 atom stereocenters. The Labute approximate surface area is 143 Å². The summed E-state index contributed by atoms with van der Waals surface area (Å²) >= 11 is 0. The van der Waals surface area contributed by atoms with Crippen LogP contribution < -0.4 is 0 Å². The van der Waals surface area contributed by atoms with Gasteiger partial charge in [0, 0.05) is 5.41 Å². The van der Waals surface area contributed by atoms with Gasteiger partial charge in [0.25, 0.3) is 0 Å². The van der Waals surface area contributed by atoms with E-state index in [0.29, 0.717) is 5.57 Å². The highest BCUT2D eigenvalue weighted by atomic mass is 16.5. The van der Waals surface area contributed by atoms with E-state index in [4.69, 9.17) is 9.47 Å². The van der Waals surface area contributed by atoms with E-state index in [0.717, 1.165) is 12.8 Å². The highest BCUT2D eigenvalue weighted by Crippen LogP contribution is 2.65. The molecule has 0 aromatic rings. The Morgan fingerprint density at radius 2 is 1.83 bits per heavy atom. The summed E-state index contributed by atoms with van der Waals surface area (Å²) < 4.78 is 10.0. The summed E-state index contributed by atoms with van der Waals surface area (Å²) in [5, 5.41) is 0. The van der Waals surface area contributed by atoms with Gasteiger partial charge in [-0.05, 0) is 43.6 Å². The van der Waals surface area contributed by atoms with Gasteiger partial charge in [0.2, 0.25) is 0 Å². The van der Waals surface area contributed by atoms with Crippen LogP contribution in [0, 0.1) is 22.7 Å². The summed E-state index contributed by atoms with van der Waals surface area (Å²) in [6, 6.07) is 0. The molecular formula is C19H28O5. The van der Waals surface area contributed by atoms with Gasteiger partial charge in [-0.25, -0.2) is 0 Å². The zero-order valence-corrected chi connectivity index (χ0v) is 15.3. The first-order chi connectivity index (χ1) is 11.2. The van der Waals surface area contributed by atoms with Crippen LogP contribution in [0.15, 0.2) is 11.6 Å². The molecule has 134 valence electrons. The van der Waals surface area contributed by atoms with Crippen molar-refractivity contribution in [1.29, 1.82) is 0 Å². The zero-order chi connectivity index (χ0) is 18.1. The van der Waals surface area contributed by atoms with Crippen LogP contribution in [0.3, 0.4) is 0 Å². The van der Waals surface area contributed by atoms with Crippen molar-refractivity contribution in [1.82, 2.24) is 0 Å². The first-order valence-electron chi connectivity index (χ1n) is 8.77. The van der Waals surface area contributed by atoms with Crippen LogP contribution in [0.25, 0.3) is 0 Å². The Bertz CT molecular complexity index is 574. The Morgan fingerprint density at radius 3 is 2.33 bits per heavy atom. The topological polar surface area (TPSA) is 69.7 Å². The standard InChI is InChI=1S/C19H28O5/c1-6-23-15(20)11-12(17(22)24-7-2)10-13-14-8-9-19(5,16(13)21)18(14,3)4/h10,12,14H,6-9,11H2,1-5H3/b13-10+/t12-,14+,19+/m1/s1. The molecule has 0 N–H and O–H groups in total. The molecule has 2 fully saturated rings. The van der Waals surface area contributed by atoms with Crippen molar-refractivity contribution in [2.45, 2.75) is 53.9 Å². The van der Waals surface area contributed by atoms with E-state index < -0.39 is 17.9 Å². The van der Waals surface area contributed by atoms with Crippen LogP contribution in [0.1, 0.15) is 53.9 Å². The minimum Gasteiger partial charge on any atom is -0.466 e. The second-order valence-corrected chi connectivity index (χ2v) is 7.46. The monoisotopic (exact) mass is 336 g/mol. The summed E-state index contributed by atoms with van der Waals surface area (Å²) in [5.74, 6) is -1.44. The van der Waals surface area contributed by atoms with E-state index in [1.165, 1.54) is 0 Å². The second kappa shape index (κ2) is 6.69. The van der Waals surface area contributed by atoms with Crippen LogP contribution in [-0.4, -0.2) is 30.9 Å². The van der Waals surface area contributed by atoms with E-state index in [2.05, 4.69) is 13.8 Å². The number of hydrogen-bond donors (Lipinski definition) is 0. The molecule has 0 aromatic heterocycles. The van der Waals surface area contributed by atoms with Crippen LogP contribution in [0.2, 0.25) is 0 Å². The molecule has 0 heterocycles. The van der Waals surface area contributed by atoms with E-state index in [-0.39, 0.29) is 42.2 Å². The molecule has 24 heavy (non-hydrogen) atoms. The van der Waals surface area contributed by atoms with Crippen molar-refractivity contribution in [2.75, 3.05) is 13.2 Å². The fourth-order valence-electron chi connectivity index (χ4n) is 4.20. The number of hydrogen-bond acceptors (Lipinski definition) is 5. The van der Waals surface area contributed by atoms with Gasteiger partial charge in [-0.3, -0.25) is 14.4 Å². The van der Waals surface area contributed by atoms with Gasteiger partial charge in [-0.15, -0.1) is 0 Å². The smallest absolute Gasteiger partial charge is 0.313 e. The number of ketones is 1. The summed E-state index contributed by atoms with van der Waals surface area (Å²) in [4.78, 5) is 37.0. The molecule has 0 saturated heterocycles. The van der Waals surface area contributed by atoms with Crippen molar-refractivity contribution in [3.63, 3.8) is 0 Å². The van der Waals surface area contributed by atoms with E-state index >= 15 is 0 Å². The number of carbonyl (C=O) groups excluding carboxylic acids is 3. The summed E-state index contributed by atoms with van der Waals surface area (Å²) in [6.07, 6.45) is 3.40. The Morgan fingerprint density at radius 1 is 1.21 bits per heavy atom. The highest BCUT2D eigenvalue weighted by Gasteiger charge is 2.64. The summed E-state index contributed by atoms with van der Waals surface area (Å²) in [7, 11) is 0. The fourth-order valence-corrected chi connectivity index (χ4v) is 4.20. The first-order valence-corrected chi connectivity index (χ1v) is 8.77. The van der Waals surface area contributed by atoms with Crippen molar-refractivity contribution >= 4 is 17.7 Å². The largest absolute Gasteiger partial charge is 0.466 e. The van der Waals surface area contributed by atoms with Crippen molar-refractivity contribution in [2.24, 2.45) is 22.7 Å². The molecular weight excluding hydrogens is 308 g/mol. The lowest BCUT2D eigenvalue weighted by Crippen LogP contribution is -2.32. The molecule has 0 radical (unpaired) electrons. The molecule has 0 aromatic carbocycles. The van der Waals surface area contributed by atoms with Gasteiger partial charge >= 0.3 is 11.9 Å². The van der Waals surface area contributed by atoms with Crippen molar-refractivity contribution in [3.8, 4) is 0 Å². The molecule has 2 saturated carbocycles. The molecule has 0 aliphatic heterocycles. The maximum atomic E-state index is 12.9. The number of allylic oxidation sites excluding steroid dienone is 1. The zero-order valence-electron chi connectivity index (χ0n) is 15.3. The van der Waals surface area contributed by atoms with Gasteiger partial charge in [0.15, 0.2) is 5.78 Å². The molecule has 2 aliphatic carbocycles. The van der Waals surface area contributed by atoms with E-state index in [1.807, 2.05) is 6.92 Å². The lowest BCUT2D eigenvalue weighted by atomic mass is 9.70. The molecule has 5 heteroatoms. The number of carbonyl (C=O) groups is 3. The third-order valence-electron chi connectivity index (χ3n) is 6.03. The number of rotatable bonds is 6. The molecule has 0 unspecified atom stereocenters. The minimum atomic E-state index is -0.762. The number of Topliss-reactive ketones (excluding diaryl/α,β-unsaturated/α-hetero) is 1. The SMILES string of the molecule is CCOC(=O)C[C@@H](/C=C1/C(=O)[C@]2(C)CC[C@@H]1C2(C)C)C(=O)OCC. The van der Waals surface area contributed by atoms with Gasteiger partial charge in [0.1, 0.15) is 0 Å². The van der Waals surface area contributed by atoms with Gasteiger partial charge < -0.3 is 9.47 Å². The average Bonchev–Trinajstić information content (AvgIpc) is 2.81. The Balaban J connectivity index is 2.31. The van der Waals surface area contributed by atoms with Gasteiger partial charge in [-0.2, -0.15) is 0 Å². The lowest BCUT2D eigenvalue weighted by Gasteiger charge is -2.31. The maximum absolute atomic E-state index is 12.9. The molecule has 2 rings (SSSR count). The third kappa shape index (κ3) is 2.89. The normalized spacial score (nSPS) is 30.5. The second-order valence-electron chi connectivity index (χ2n) is 7.46. The minimum absolute atomic E-state index is 0.0900. The Hall–Kier alpha value is -1.65. The van der Waals surface area contributed by atoms with Crippen LogP contribution in [0.5, 0.6) is 0 Å². The molecule has 0 amide bonds. The molecule has 0 spiro atoms. The highest BCUT2D eigenvalue weighted by molar-refractivity contribution is 6.05. The predicted octanol–water partition coefficient (Wildman–Crippen LogP) is 3.07. The number of esters is 2. The van der Waals surface area contributed by atoms with Crippen molar-refractivity contribution < 1.29 is 23.9 Å². The van der Waals surface area contributed by atoms with E-state index in [1.54, 1.807) is 19.9 Å².